The fraction of sp³-hybridized carbons (Fsp3) is 0.462. The zero-order valence-corrected chi connectivity index (χ0v) is 11.8. The van der Waals surface area contributed by atoms with Crippen molar-refractivity contribution in [2.24, 2.45) is 11.8 Å². The van der Waals surface area contributed by atoms with E-state index in [1.165, 1.54) is 25.6 Å². The molecule has 1 saturated heterocycles. The summed E-state index contributed by atoms with van der Waals surface area (Å²) in [6, 6.07) is 4.52. The molecule has 106 valence electrons. The largest absolute Gasteiger partial charge is 0.469 e. The number of rotatable bonds is 3. The predicted molar refractivity (Wildman–Crippen MR) is 70.6 cm³/mol. The van der Waals surface area contributed by atoms with E-state index in [0.717, 1.165) is 4.88 Å². The molecule has 1 aliphatic heterocycles. The lowest BCUT2D eigenvalue weighted by Crippen LogP contribution is -2.35. The van der Waals surface area contributed by atoms with E-state index in [1.807, 2.05) is 23.6 Å². The lowest BCUT2D eigenvalue weighted by molar-refractivity contribution is -0.156. The van der Waals surface area contributed by atoms with E-state index < -0.39 is 35.9 Å². The van der Waals surface area contributed by atoms with E-state index in [1.54, 1.807) is 0 Å². The van der Waals surface area contributed by atoms with Crippen LogP contribution >= 0.6 is 11.3 Å². The average Bonchev–Trinajstić information content (AvgIpc) is 3.11. The van der Waals surface area contributed by atoms with Crippen molar-refractivity contribution < 1.29 is 19.1 Å². The third-order valence-electron chi connectivity index (χ3n) is 3.40. The molecule has 20 heavy (non-hydrogen) atoms. The first-order chi connectivity index (χ1) is 9.63. The summed E-state index contributed by atoms with van der Waals surface area (Å²) >= 11 is 1.45. The molecule has 1 aromatic rings. The summed E-state index contributed by atoms with van der Waals surface area (Å²) in [6.07, 6.45) is 0. The zero-order valence-electron chi connectivity index (χ0n) is 11.0. The van der Waals surface area contributed by atoms with Gasteiger partial charge in [-0.15, -0.1) is 11.3 Å². The molecule has 0 amide bonds. The molecule has 0 spiro atoms. The van der Waals surface area contributed by atoms with Crippen LogP contribution in [0.2, 0.25) is 0 Å². The SMILES string of the molecule is COC(=O)[C@H]1[C@H](C(=O)OC)[C@H](c2cccs2)N[C@@H]1C#N. The second-order valence-corrected chi connectivity index (χ2v) is 5.34. The maximum absolute atomic E-state index is 12.0. The van der Waals surface area contributed by atoms with Crippen molar-refractivity contribution in [3.63, 3.8) is 0 Å². The number of nitrogens with zero attached hydrogens (tertiary/aromatic N) is 1. The predicted octanol–water partition coefficient (Wildman–Crippen LogP) is 0.863. The summed E-state index contributed by atoms with van der Waals surface area (Å²) in [7, 11) is 2.51. The van der Waals surface area contributed by atoms with Crippen LogP contribution in [0, 0.1) is 23.2 Å². The smallest absolute Gasteiger partial charge is 0.312 e. The van der Waals surface area contributed by atoms with Crippen LogP contribution < -0.4 is 5.32 Å². The van der Waals surface area contributed by atoms with Gasteiger partial charge in [0.25, 0.3) is 0 Å². The van der Waals surface area contributed by atoms with Crippen molar-refractivity contribution >= 4 is 23.3 Å². The Bertz CT molecular complexity index is 537. The number of thiophene rings is 1. The summed E-state index contributed by atoms with van der Waals surface area (Å²) in [4.78, 5) is 24.8. The van der Waals surface area contributed by atoms with Crippen molar-refractivity contribution in [1.29, 1.82) is 5.26 Å². The molecule has 4 atom stereocenters. The van der Waals surface area contributed by atoms with E-state index in [9.17, 15) is 14.9 Å². The highest BCUT2D eigenvalue weighted by atomic mass is 32.1. The Morgan fingerprint density at radius 1 is 1.30 bits per heavy atom. The van der Waals surface area contributed by atoms with Crippen LogP contribution in [0.3, 0.4) is 0 Å². The molecular formula is C13H14N2O4S. The molecule has 1 aromatic heterocycles. The van der Waals surface area contributed by atoms with Gasteiger partial charge in [0, 0.05) is 4.88 Å². The minimum Gasteiger partial charge on any atom is -0.469 e. The number of methoxy groups -OCH3 is 2. The van der Waals surface area contributed by atoms with E-state index in [-0.39, 0.29) is 0 Å². The van der Waals surface area contributed by atoms with Crippen LogP contribution in [0.25, 0.3) is 0 Å². The molecular weight excluding hydrogens is 280 g/mol. The Kier molecular flexibility index (Phi) is 4.37. The van der Waals surface area contributed by atoms with E-state index in [2.05, 4.69) is 5.32 Å². The number of esters is 2. The molecule has 6 nitrogen and oxygen atoms in total. The highest BCUT2D eigenvalue weighted by Crippen LogP contribution is 2.40. The van der Waals surface area contributed by atoms with Crippen molar-refractivity contribution in [3.05, 3.63) is 22.4 Å². The third-order valence-corrected chi connectivity index (χ3v) is 4.36. The minimum atomic E-state index is -0.871. The Morgan fingerprint density at radius 2 is 1.95 bits per heavy atom. The Morgan fingerprint density at radius 3 is 2.45 bits per heavy atom. The fourth-order valence-corrected chi connectivity index (χ4v) is 3.33. The number of hydrogen-bond acceptors (Lipinski definition) is 7. The van der Waals surface area contributed by atoms with Gasteiger partial charge in [-0.1, -0.05) is 6.07 Å². The van der Waals surface area contributed by atoms with Gasteiger partial charge in [0.1, 0.15) is 12.0 Å². The Labute approximate surface area is 120 Å². The molecule has 7 heteroatoms. The molecule has 1 fully saturated rings. The first-order valence-electron chi connectivity index (χ1n) is 5.98. The van der Waals surface area contributed by atoms with Gasteiger partial charge in [-0.05, 0) is 11.4 Å². The van der Waals surface area contributed by atoms with Crippen molar-refractivity contribution in [2.75, 3.05) is 14.2 Å². The molecule has 0 radical (unpaired) electrons. The van der Waals surface area contributed by atoms with E-state index in [4.69, 9.17) is 9.47 Å². The van der Waals surface area contributed by atoms with Gasteiger partial charge in [-0.3, -0.25) is 14.9 Å². The molecule has 0 unspecified atom stereocenters. The van der Waals surface area contributed by atoms with Crippen LogP contribution in [-0.2, 0) is 19.1 Å². The zero-order chi connectivity index (χ0) is 14.7. The second-order valence-electron chi connectivity index (χ2n) is 4.36. The molecule has 0 bridgehead atoms. The number of ether oxygens (including phenoxy) is 2. The van der Waals surface area contributed by atoms with Crippen molar-refractivity contribution in [1.82, 2.24) is 5.32 Å². The fourth-order valence-electron chi connectivity index (χ4n) is 2.50. The minimum absolute atomic E-state index is 0.420. The molecule has 0 saturated carbocycles. The maximum Gasteiger partial charge on any atom is 0.312 e. The average molecular weight is 294 g/mol. The first kappa shape index (κ1) is 14.5. The van der Waals surface area contributed by atoms with Gasteiger partial charge in [-0.25, -0.2) is 0 Å². The number of nitrogens with one attached hydrogen (secondary N) is 1. The van der Waals surface area contributed by atoms with Gasteiger partial charge in [-0.2, -0.15) is 5.26 Å². The van der Waals surface area contributed by atoms with Gasteiger partial charge in [0.05, 0.1) is 32.2 Å². The van der Waals surface area contributed by atoms with Gasteiger partial charge >= 0.3 is 11.9 Å². The topological polar surface area (TPSA) is 88.4 Å². The van der Waals surface area contributed by atoms with Crippen molar-refractivity contribution in [3.8, 4) is 6.07 Å². The molecule has 1 N–H and O–H groups in total. The van der Waals surface area contributed by atoms with E-state index >= 15 is 0 Å². The number of carbonyl (C=O) groups excluding carboxylic acids is 2. The molecule has 0 aromatic carbocycles. The summed E-state index contributed by atoms with van der Waals surface area (Å²) in [6.45, 7) is 0. The normalized spacial score (nSPS) is 28.6. The van der Waals surface area contributed by atoms with Crippen LogP contribution in [-0.4, -0.2) is 32.2 Å². The standard InChI is InChI=1S/C13H14N2O4S/c1-18-12(16)9-7(6-14)15-11(8-4-3-5-20-8)10(9)13(17)19-2/h3-5,7,9-11,15H,1-2H3/t7-,9-,10+,11+/m1/s1. The highest BCUT2D eigenvalue weighted by molar-refractivity contribution is 7.10. The molecule has 2 heterocycles. The number of carbonyl (C=O) groups is 2. The Balaban J connectivity index is 2.41. The highest BCUT2D eigenvalue weighted by Gasteiger charge is 2.52. The summed E-state index contributed by atoms with van der Waals surface area (Å²) in [5.74, 6) is -2.75. The van der Waals surface area contributed by atoms with Crippen LogP contribution in [0.15, 0.2) is 17.5 Å². The molecule has 0 aliphatic carbocycles. The van der Waals surface area contributed by atoms with Gasteiger partial charge < -0.3 is 9.47 Å². The summed E-state index contributed by atoms with van der Waals surface area (Å²) < 4.78 is 9.51. The Hall–Kier alpha value is -1.91. The van der Waals surface area contributed by atoms with Crippen LogP contribution in [0.1, 0.15) is 10.9 Å². The first-order valence-corrected chi connectivity index (χ1v) is 6.86. The number of hydrogen-bond donors (Lipinski definition) is 1. The lowest BCUT2D eigenvalue weighted by atomic mass is 9.86. The van der Waals surface area contributed by atoms with Gasteiger partial charge in [0.15, 0.2) is 0 Å². The lowest BCUT2D eigenvalue weighted by Gasteiger charge is -2.19. The quantitative estimate of drug-likeness (QED) is 0.832. The molecule has 1 aliphatic rings. The molecule has 2 rings (SSSR count). The maximum atomic E-state index is 12.0. The van der Waals surface area contributed by atoms with Crippen LogP contribution in [0.4, 0.5) is 0 Å². The summed E-state index contributed by atoms with van der Waals surface area (Å²) in [5.41, 5.74) is 0. The monoisotopic (exact) mass is 294 g/mol. The van der Waals surface area contributed by atoms with E-state index in [0.29, 0.717) is 0 Å². The second kappa shape index (κ2) is 6.03. The number of nitriles is 1. The third kappa shape index (κ3) is 2.40. The van der Waals surface area contributed by atoms with Crippen molar-refractivity contribution in [2.45, 2.75) is 12.1 Å². The van der Waals surface area contributed by atoms with Crippen LogP contribution in [0.5, 0.6) is 0 Å². The van der Waals surface area contributed by atoms with Gasteiger partial charge in [0.2, 0.25) is 0 Å². The summed E-state index contributed by atoms with van der Waals surface area (Å²) in [5, 5.41) is 14.1.